The van der Waals surface area contributed by atoms with Crippen molar-refractivity contribution < 1.29 is 9.90 Å². The third kappa shape index (κ3) is 3.71. The number of rotatable bonds is 5. The van der Waals surface area contributed by atoms with Crippen molar-refractivity contribution in [2.24, 2.45) is 5.92 Å². The van der Waals surface area contributed by atoms with Gasteiger partial charge in [0.25, 0.3) is 0 Å². The molecule has 0 saturated heterocycles. The monoisotopic (exact) mass is 254 g/mol. The van der Waals surface area contributed by atoms with Crippen LogP contribution in [0.5, 0.6) is 0 Å². The lowest BCUT2D eigenvalue weighted by Gasteiger charge is -2.23. The summed E-state index contributed by atoms with van der Waals surface area (Å²) in [7, 11) is 0. The Kier molecular flexibility index (Phi) is 3.69. The number of urea groups is 1. The average Bonchev–Trinajstić information content (AvgIpc) is 3.03. The summed E-state index contributed by atoms with van der Waals surface area (Å²) in [5.74, 6) is 0.347. The molecule has 0 aromatic carbocycles. The van der Waals surface area contributed by atoms with E-state index in [1.807, 2.05) is 17.5 Å². The molecule has 4 nitrogen and oxygen atoms in total. The highest BCUT2D eigenvalue weighted by molar-refractivity contribution is 7.09. The van der Waals surface area contributed by atoms with E-state index in [1.165, 1.54) is 0 Å². The van der Waals surface area contributed by atoms with Crippen LogP contribution in [0, 0.1) is 5.92 Å². The first-order chi connectivity index (χ1) is 8.08. The van der Waals surface area contributed by atoms with Crippen LogP contribution in [-0.2, 0) is 6.54 Å². The zero-order chi connectivity index (χ0) is 12.3. The van der Waals surface area contributed by atoms with E-state index in [0.717, 1.165) is 17.7 Å². The fourth-order valence-electron chi connectivity index (χ4n) is 1.75. The van der Waals surface area contributed by atoms with Crippen LogP contribution in [0.2, 0.25) is 0 Å². The van der Waals surface area contributed by atoms with Gasteiger partial charge in [-0.25, -0.2) is 4.79 Å². The zero-order valence-electron chi connectivity index (χ0n) is 9.90. The van der Waals surface area contributed by atoms with Crippen LogP contribution in [0.15, 0.2) is 17.5 Å². The molecule has 0 bridgehead atoms. The van der Waals surface area contributed by atoms with Gasteiger partial charge in [0.05, 0.1) is 12.1 Å². The topological polar surface area (TPSA) is 61.4 Å². The molecule has 1 aliphatic rings. The number of thiophene rings is 1. The summed E-state index contributed by atoms with van der Waals surface area (Å²) in [6.07, 6.45) is 2.12. The fraction of sp³-hybridized carbons (Fsp3) is 0.583. The van der Waals surface area contributed by atoms with Gasteiger partial charge in [-0.1, -0.05) is 6.07 Å². The Balaban J connectivity index is 1.67. The molecule has 2 rings (SSSR count). The summed E-state index contributed by atoms with van der Waals surface area (Å²) in [6, 6.07) is 3.71. The van der Waals surface area contributed by atoms with Gasteiger partial charge in [0, 0.05) is 11.4 Å². The molecule has 0 radical (unpaired) electrons. The number of hydrogen-bond donors (Lipinski definition) is 3. The molecule has 1 aromatic rings. The highest BCUT2D eigenvalue weighted by Gasteiger charge is 2.39. The second kappa shape index (κ2) is 5.06. The molecule has 1 saturated carbocycles. The number of carbonyl (C=O) groups is 1. The Morgan fingerprint density at radius 3 is 2.94 bits per heavy atom. The molecule has 3 N–H and O–H groups in total. The maximum Gasteiger partial charge on any atom is 0.315 e. The van der Waals surface area contributed by atoms with Crippen molar-refractivity contribution in [2.75, 3.05) is 6.54 Å². The predicted octanol–water partition coefficient (Wildman–Crippen LogP) is 1.71. The largest absolute Gasteiger partial charge is 0.388 e. The van der Waals surface area contributed by atoms with Gasteiger partial charge < -0.3 is 15.7 Å². The van der Waals surface area contributed by atoms with Crippen molar-refractivity contribution in [2.45, 2.75) is 31.9 Å². The van der Waals surface area contributed by atoms with Gasteiger partial charge in [0.2, 0.25) is 0 Å². The Bertz CT molecular complexity index is 372. The van der Waals surface area contributed by atoms with Crippen molar-refractivity contribution in [3.63, 3.8) is 0 Å². The maximum absolute atomic E-state index is 11.5. The summed E-state index contributed by atoms with van der Waals surface area (Å²) in [5.41, 5.74) is -0.764. The van der Waals surface area contributed by atoms with Gasteiger partial charge in [-0.3, -0.25) is 0 Å². The van der Waals surface area contributed by atoms with E-state index >= 15 is 0 Å². The lowest BCUT2D eigenvalue weighted by molar-refractivity contribution is 0.0394. The molecule has 1 atom stereocenters. The molecule has 1 fully saturated rings. The first-order valence-electron chi connectivity index (χ1n) is 5.84. The third-order valence-corrected chi connectivity index (χ3v) is 3.94. The average molecular weight is 254 g/mol. The van der Waals surface area contributed by atoms with Crippen LogP contribution >= 0.6 is 11.3 Å². The van der Waals surface area contributed by atoms with E-state index < -0.39 is 5.60 Å². The summed E-state index contributed by atoms with van der Waals surface area (Å²) in [4.78, 5) is 12.6. The van der Waals surface area contributed by atoms with Gasteiger partial charge in [-0.2, -0.15) is 0 Å². The third-order valence-electron chi connectivity index (χ3n) is 3.07. The van der Waals surface area contributed by atoms with Gasteiger partial charge >= 0.3 is 6.03 Å². The molecule has 1 aliphatic carbocycles. The highest BCUT2D eigenvalue weighted by atomic mass is 32.1. The molecule has 1 heterocycles. The molecule has 1 aromatic heterocycles. The highest BCUT2D eigenvalue weighted by Crippen LogP contribution is 2.38. The first kappa shape index (κ1) is 12.4. The molecule has 2 amide bonds. The van der Waals surface area contributed by atoms with E-state index in [0.29, 0.717) is 19.0 Å². The normalized spacial score (nSPS) is 18.5. The van der Waals surface area contributed by atoms with Crippen LogP contribution in [-0.4, -0.2) is 23.3 Å². The Hall–Kier alpha value is -1.07. The summed E-state index contributed by atoms with van der Waals surface area (Å²) < 4.78 is 0. The molecular weight excluding hydrogens is 236 g/mol. The lowest BCUT2D eigenvalue weighted by atomic mass is 10.0. The van der Waals surface area contributed by atoms with Crippen molar-refractivity contribution >= 4 is 17.4 Å². The molecular formula is C12H18N2O2S. The summed E-state index contributed by atoms with van der Waals surface area (Å²) >= 11 is 1.61. The van der Waals surface area contributed by atoms with Gasteiger partial charge in [-0.05, 0) is 37.1 Å². The number of nitrogens with one attached hydrogen (secondary N) is 2. The first-order valence-corrected chi connectivity index (χ1v) is 6.72. The molecule has 0 spiro atoms. The minimum Gasteiger partial charge on any atom is -0.388 e. The maximum atomic E-state index is 11.5. The van der Waals surface area contributed by atoms with E-state index in [9.17, 15) is 9.90 Å². The predicted molar refractivity (Wildman–Crippen MR) is 67.9 cm³/mol. The van der Waals surface area contributed by atoms with Gasteiger partial charge in [0.15, 0.2) is 0 Å². The van der Waals surface area contributed by atoms with Crippen LogP contribution in [0.1, 0.15) is 24.6 Å². The fourth-order valence-corrected chi connectivity index (χ4v) is 2.40. The Morgan fingerprint density at radius 2 is 2.35 bits per heavy atom. The Labute approximate surface area is 105 Å². The summed E-state index contributed by atoms with van der Waals surface area (Å²) in [5, 5.41) is 17.5. The number of amides is 2. The van der Waals surface area contributed by atoms with E-state index in [2.05, 4.69) is 10.6 Å². The number of hydrogen-bond acceptors (Lipinski definition) is 3. The van der Waals surface area contributed by atoms with Crippen LogP contribution < -0.4 is 10.6 Å². The molecule has 17 heavy (non-hydrogen) atoms. The number of aliphatic hydroxyl groups is 1. The van der Waals surface area contributed by atoms with Crippen molar-refractivity contribution in [1.29, 1.82) is 0 Å². The molecule has 0 aliphatic heterocycles. The van der Waals surface area contributed by atoms with Crippen LogP contribution in [0.3, 0.4) is 0 Å². The van der Waals surface area contributed by atoms with Crippen molar-refractivity contribution in [1.82, 2.24) is 10.6 Å². The van der Waals surface area contributed by atoms with Crippen LogP contribution in [0.4, 0.5) is 4.79 Å². The minimum atomic E-state index is -0.764. The van der Waals surface area contributed by atoms with Gasteiger partial charge in [-0.15, -0.1) is 11.3 Å². The minimum absolute atomic E-state index is 0.223. The van der Waals surface area contributed by atoms with E-state index in [-0.39, 0.29) is 6.03 Å². The quantitative estimate of drug-likeness (QED) is 0.749. The second-order valence-corrected chi connectivity index (χ2v) is 5.78. The van der Waals surface area contributed by atoms with E-state index in [1.54, 1.807) is 18.3 Å². The van der Waals surface area contributed by atoms with E-state index in [4.69, 9.17) is 0 Å². The lowest BCUT2D eigenvalue weighted by Crippen LogP contribution is -2.45. The summed E-state index contributed by atoms with van der Waals surface area (Å²) in [6.45, 7) is 2.63. The second-order valence-electron chi connectivity index (χ2n) is 4.75. The van der Waals surface area contributed by atoms with Crippen LogP contribution in [0.25, 0.3) is 0 Å². The molecule has 5 heteroatoms. The standard InChI is InChI=1S/C12H18N2O2S/c1-12(16,9-4-5-9)8-14-11(15)13-7-10-3-2-6-17-10/h2-3,6,9,16H,4-5,7-8H2,1H3,(H2,13,14,15)/t12-/m1/s1. The Morgan fingerprint density at radius 1 is 1.59 bits per heavy atom. The van der Waals surface area contributed by atoms with Crippen molar-refractivity contribution in [3.8, 4) is 0 Å². The zero-order valence-corrected chi connectivity index (χ0v) is 10.7. The molecule has 94 valence electrons. The SMILES string of the molecule is C[C@@](O)(CNC(=O)NCc1cccs1)C1CC1. The van der Waals surface area contributed by atoms with Crippen molar-refractivity contribution in [3.05, 3.63) is 22.4 Å². The smallest absolute Gasteiger partial charge is 0.315 e. The van der Waals surface area contributed by atoms with Gasteiger partial charge in [0.1, 0.15) is 0 Å². The number of carbonyl (C=O) groups excluding carboxylic acids is 1. The molecule has 0 unspecified atom stereocenters.